The lowest BCUT2D eigenvalue weighted by Gasteiger charge is -2.20. The number of aliphatic hydroxyl groups excluding tert-OH is 1. The standard InChI is InChI=1S/C15H18N2O2S/c1-11(14(10-18)20-2)17-15(19)8-7-12-5-3-4-6-13(12)9-16/h3-8,11,14,18H,10H2,1-2H3,(H,17,19)/b8-7+. The van der Waals surface area contributed by atoms with E-state index in [0.29, 0.717) is 11.1 Å². The summed E-state index contributed by atoms with van der Waals surface area (Å²) in [6, 6.07) is 9.03. The van der Waals surface area contributed by atoms with Crippen LogP contribution in [0.15, 0.2) is 30.3 Å². The number of carbonyl (C=O) groups is 1. The monoisotopic (exact) mass is 290 g/mol. The van der Waals surface area contributed by atoms with Gasteiger partial charge in [-0.2, -0.15) is 17.0 Å². The van der Waals surface area contributed by atoms with E-state index < -0.39 is 0 Å². The second-order valence-electron chi connectivity index (χ2n) is 4.29. The molecule has 0 aliphatic rings. The van der Waals surface area contributed by atoms with Crippen LogP contribution >= 0.6 is 11.8 Å². The third kappa shape index (κ3) is 4.72. The molecule has 2 unspecified atom stereocenters. The molecular formula is C15H18N2O2S. The lowest BCUT2D eigenvalue weighted by atomic mass is 10.1. The Morgan fingerprint density at radius 3 is 2.85 bits per heavy atom. The van der Waals surface area contributed by atoms with Crippen LogP contribution in [-0.4, -0.2) is 35.2 Å². The van der Waals surface area contributed by atoms with E-state index in [0.717, 1.165) is 0 Å². The number of nitrogens with one attached hydrogen (secondary N) is 1. The predicted octanol–water partition coefficient (Wildman–Crippen LogP) is 1.80. The molecule has 5 heteroatoms. The molecule has 1 aromatic carbocycles. The van der Waals surface area contributed by atoms with Crippen molar-refractivity contribution in [3.8, 4) is 6.07 Å². The molecule has 0 bridgehead atoms. The van der Waals surface area contributed by atoms with Crippen molar-refractivity contribution in [3.63, 3.8) is 0 Å². The summed E-state index contributed by atoms with van der Waals surface area (Å²) in [4.78, 5) is 11.8. The Kier molecular flexibility index (Phi) is 6.85. The van der Waals surface area contributed by atoms with Gasteiger partial charge in [0, 0.05) is 17.4 Å². The van der Waals surface area contributed by atoms with Crippen LogP contribution in [-0.2, 0) is 4.79 Å². The van der Waals surface area contributed by atoms with Crippen molar-refractivity contribution in [1.29, 1.82) is 5.26 Å². The average Bonchev–Trinajstić information content (AvgIpc) is 2.46. The van der Waals surface area contributed by atoms with Crippen molar-refractivity contribution < 1.29 is 9.90 Å². The van der Waals surface area contributed by atoms with Crippen molar-refractivity contribution in [2.75, 3.05) is 12.9 Å². The minimum atomic E-state index is -0.238. The van der Waals surface area contributed by atoms with Crippen molar-refractivity contribution in [3.05, 3.63) is 41.5 Å². The summed E-state index contributed by atoms with van der Waals surface area (Å²) in [5.41, 5.74) is 1.24. The molecule has 0 aliphatic heterocycles. The average molecular weight is 290 g/mol. The first-order valence-electron chi connectivity index (χ1n) is 6.23. The number of aliphatic hydroxyl groups is 1. The fraction of sp³-hybridized carbons (Fsp3) is 0.333. The number of benzene rings is 1. The lowest BCUT2D eigenvalue weighted by Crippen LogP contribution is -2.40. The van der Waals surface area contributed by atoms with Gasteiger partial charge in [0.25, 0.3) is 0 Å². The van der Waals surface area contributed by atoms with Gasteiger partial charge in [-0.15, -0.1) is 0 Å². The van der Waals surface area contributed by atoms with Crippen molar-refractivity contribution >= 4 is 23.7 Å². The van der Waals surface area contributed by atoms with E-state index >= 15 is 0 Å². The minimum absolute atomic E-state index is 0.0175. The Hall–Kier alpha value is -1.77. The number of thioether (sulfide) groups is 1. The molecule has 0 aromatic heterocycles. The van der Waals surface area contributed by atoms with Crippen molar-refractivity contribution in [1.82, 2.24) is 5.32 Å². The normalized spacial score (nSPS) is 13.7. The molecule has 20 heavy (non-hydrogen) atoms. The van der Waals surface area contributed by atoms with Gasteiger partial charge in [-0.1, -0.05) is 18.2 Å². The highest BCUT2D eigenvalue weighted by Gasteiger charge is 2.16. The SMILES string of the molecule is CSC(CO)C(C)NC(=O)/C=C/c1ccccc1C#N. The molecule has 0 heterocycles. The van der Waals surface area contributed by atoms with E-state index in [-0.39, 0.29) is 23.8 Å². The summed E-state index contributed by atoms with van der Waals surface area (Å²) in [7, 11) is 0. The van der Waals surface area contributed by atoms with Gasteiger partial charge >= 0.3 is 0 Å². The molecular weight excluding hydrogens is 272 g/mol. The molecule has 0 saturated carbocycles. The fourth-order valence-corrected chi connectivity index (χ4v) is 2.34. The first-order chi connectivity index (χ1) is 9.62. The number of nitrogens with zero attached hydrogens (tertiary/aromatic N) is 1. The van der Waals surface area contributed by atoms with Crippen LogP contribution in [0.4, 0.5) is 0 Å². The second-order valence-corrected chi connectivity index (χ2v) is 5.36. The van der Waals surface area contributed by atoms with Gasteiger partial charge in [0.1, 0.15) is 0 Å². The summed E-state index contributed by atoms with van der Waals surface area (Å²) in [6.45, 7) is 1.87. The number of carbonyl (C=O) groups excluding carboxylic acids is 1. The van der Waals surface area contributed by atoms with Gasteiger partial charge in [0.15, 0.2) is 0 Å². The zero-order valence-electron chi connectivity index (χ0n) is 11.5. The summed E-state index contributed by atoms with van der Waals surface area (Å²) in [5, 5.41) is 20.9. The Morgan fingerprint density at radius 1 is 1.55 bits per heavy atom. The van der Waals surface area contributed by atoms with E-state index in [4.69, 9.17) is 10.4 Å². The van der Waals surface area contributed by atoms with Crippen LogP contribution in [0.25, 0.3) is 6.08 Å². The van der Waals surface area contributed by atoms with E-state index in [1.54, 1.807) is 24.3 Å². The lowest BCUT2D eigenvalue weighted by molar-refractivity contribution is -0.117. The Labute approximate surface area is 123 Å². The number of nitriles is 1. The topological polar surface area (TPSA) is 73.1 Å². The van der Waals surface area contributed by atoms with E-state index in [9.17, 15) is 4.79 Å². The van der Waals surface area contributed by atoms with Gasteiger partial charge in [-0.25, -0.2) is 0 Å². The number of rotatable bonds is 6. The second kappa shape index (κ2) is 8.41. The minimum Gasteiger partial charge on any atom is -0.395 e. The Balaban J connectivity index is 2.67. The summed E-state index contributed by atoms with van der Waals surface area (Å²) < 4.78 is 0. The maximum Gasteiger partial charge on any atom is 0.244 e. The zero-order chi connectivity index (χ0) is 15.0. The summed E-state index contributed by atoms with van der Waals surface area (Å²) in [6.07, 6.45) is 4.91. The highest BCUT2D eigenvalue weighted by atomic mass is 32.2. The zero-order valence-corrected chi connectivity index (χ0v) is 12.4. The third-order valence-corrected chi connectivity index (χ3v) is 4.07. The maximum absolute atomic E-state index is 11.8. The van der Waals surface area contributed by atoms with Crippen LogP contribution in [0.1, 0.15) is 18.1 Å². The molecule has 2 N–H and O–H groups in total. The largest absolute Gasteiger partial charge is 0.395 e. The van der Waals surface area contributed by atoms with E-state index in [1.165, 1.54) is 17.8 Å². The predicted molar refractivity (Wildman–Crippen MR) is 82.2 cm³/mol. The van der Waals surface area contributed by atoms with Crippen LogP contribution < -0.4 is 5.32 Å². The number of hydrogen-bond donors (Lipinski definition) is 2. The maximum atomic E-state index is 11.8. The van der Waals surface area contributed by atoms with E-state index in [2.05, 4.69) is 11.4 Å². The molecule has 0 fully saturated rings. The van der Waals surface area contributed by atoms with Gasteiger partial charge in [0.2, 0.25) is 5.91 Å². The van der Waals surface area contributed by atoms with Crippen molar-refractivity contribution in [2.24, 2.45) is 0 Å². The smallest absolute Gasteiger partial charge is 0.244 e. The van der Waals surface area contributed by atoms with Crippen LogP contribution in [0, 0.1) is 11.3 Å². The molecule has 0 spiro atoms. The molecule has 0 radical (unpaired) electrons. The summed E-state index contributed by atoms with van der Waals surface area (Å²) in [5.74, 6) is -0.238. The fourth-order valence-electron chi connectivity index (χ4n) is 1.71. The number of amides is 1. The van der Waals surface area contributed by atoms with Crippen LogP contribution in [0.3, 0.4) is 0 Å². The van der Waals surface area contributed by atoms with Gasteiger partial charge in [-0.3, -0.25) is 4.79 Å². The van der Waals surface area contributed by atoms with Crippen LogP contribution in [0.2, 0.25) is 0 Å². The van der Waals surface area contributed by atoms with Gasteiger partial charge in [0.05, 0.1) is 18.2 Å². The molecule has 1 amide bonds. The quantitative estimate of drug-likeness (QED) is 0.784. The molecule has 1 aromatic rings. The Bertz CT molecular complexity index is 519. The molecule has 1 rings (SSSR count). The molecule has 2 atom stereocenters. The third-order valence-electron chi connectivity index (χ3n) is 2.91. The van der Waals surface area contributed by atoms with Crippen molar-refractivity contribution in [2.45, 2.75) is 18.2 Å². The highest BCUT2D eigenvalue weighted by molar-refractivity contribution is 7.99. The molecule has 0 saturated heterocycles. The first-order valence-corrected chi connectivity index (χ1v) is 7.52. The van der Waals surface area contributed by atoms with Crippen LogP contribution in [0.5, 0.6) is 0 Å². The first kappa shape index (κ1) is 16.3. The molecule has 106 valence electrons. The van der Waals surface area contributed by atoms with Gasteiger partial charge < -0.3 is 10.4 Å². The summed E-state index contributed by atoms with van der Waals surface area (Å²) >= 11 is 1.51. The highest BCUT2D eigenvalue weighted by Crippen LogP contribution is 2.11. The Morgan fingerprint density at radius 2 is 2.25 bits per heavy atom. The molecule has 0 aliphatic carbocycles. The van der Waals surface area contributed by atoms with Gasteiger partial charge in [-0.05, 0) is 30.9 Å². The molecule has 4 nitrogen and oxygen atoms in total. The number of hydrogen-bond acceptors (Lipinski definition) is 4. The van der Waals surface area contributed by atoms with E-state index in [1.807, 2.05) is 19.2 Å².